The Hall–Kier alpha value is -2.75. The van der Waals surface area contributed by atoms with Gasteiger partial charge in [-0.15, -0.1) is 0 Å². The molecule has 7 atom stereocenters. The summed E-state index contributed by atoms with van der Waals surface area (Å²) in [4.78, 5) is 50.6. The summed E-state index contributed by atoms with van der Waals surface area (Å²) in [6, 6.07) is 0.139. The number of nitrogens with zero attached hydrogens (tertiary/aromatic N) is 1. The second-order valence-corrected chi connectivity index (χ2v) is 11.3. The molecule has 0 aromatic heterocycles. The molecule has 1 unspecified atom stereocenters. The smallest absolute Gasteiger partial charge is 0.328 e. The molecule has 10 heteroatoms. The first kappa shape index (κ1) is 26.3. The number of carboxylic acids is 2. The van der Waals surface area contributed by atoms with Gasteiger partial charge >= 0.3 is 11.9 Å². The van der Waals surface area contributed by atoms with Gasteiger partial charge in [0.1, 0.15) is 11.9 Å². The topological polar surface area (TPSA) is 154 Å². The van der Waals surface area contributed by atoms with Crippen molar-refractivity contribution in [3.05, 3.63) is 12.2 Å². The molecule has 0 aromatic carbocycles. The third-order valence-corrected chi connectivity index (χ3v) is 9.35. The molecule has 3 aliphatic carbocycles. The molecule has 5 fully saturated rings. The van der Waals surface area contributed by atoms with Crippen molar-refractivity contribution in [1.82, 2.24) is 10.6 Å². The minimum atomic E-state index is -1.26. The minimum absolute atomic E-state index is 0.00533. The van der Waals surface area contributed by atoms with E-state index in [0.717, 1.165) is 63.7 Å². The van der Waals surface area contributed by atoms with E-state index in [1.165, 1.54) is 0 Å². The first-order valence-electron chi connectivity index (χ1n) is 12.9. The zero-order valence-corrected chi connectivity index (χ0v) is 21.0. The van der Waals surface area contributed by atoms with Crippen molar-refractivity contribution >= 4 is 29.3 Å². The van der Waals surface area contributed by atoms with Crippen LogP contribution in [0.1, 0.15) is 65.2 Å². The van der Waals surface area contributed by atoms with Gasteiger partial charge in [0.15, 0.2) is 0 Å². The van der Waals surface area contributed by atoms with E-state index < -0.39 is 11.9 Å². The molecule has 5 aliphatic rings. The van der Waals surface area contributed by atoms with Crippen molar-refractivity contribution < 1.29 is 34.2 Å². The fourth-order valence-corrected chi connectivity index (χ4v) is 7.20. The molecular formula is C26H37N3O7. The highest BCUT2D eigenvalue weighted by molar-refractivity contribution is 5.91. The number of hydrogen-bond donors (Lipinski definition) is 4. The fourth-order valence-electron chi connectivity index (χ4n) is 7.20. The molecular weight excluding hydrogens is 466 g/mol. The largest absolute Gasteiger partial charge is 0.478 e. The summed E-state index contributed by atoms with van der Waals surface area (Å²) in [6.45, 7) is 6.35. The van der Waals surface area contributed by atoms with Crippen molar-refractivity contribution in [1.29, 1.82) is 0 Å². The Balaban J connectivity index is 0.000000331. The molecule has 3 saturated carbocycles. The Morgan fingerprint density at radius 1 is 1.03 bits per heavy atom. The highest BCUT2D eigenvalue weighted by Gasteiger charge is 2.62. The van der Waals surface area contributed by atoms with E-state index in [9.17, 15) is 19.2 Å². The molecule has 0 bridgehead atoms. The van der Waals surface area contributed by atoms with Crippen molar-refractivity contribution in [2.75, 3.05) is 13.1 Å². The minimum Gasteiger partial charge on any atom is -0.478 e. The van der Waals surface area contributed by atoms with E-state index in [2.05, 4.69) is 29.6 Å². The van der Waals surface area contributed by atoms with Gasteiger partial charge < -0.3 is 25.7 Å². The quantitative estimate of drug-likeness (QED) is 0.336. The summed E-state index contributed by atoms with van der Waals surface area (Å²) in [6.07, 6.45) is 8.60. The SMILES string of the molecule is C[C@]12CC/C(=N\O[C@@H]3CCNC3)CC1NC(=O)[C@@H]1[C@@H]2CC[C@]2(C)C(=O)CC[C@@H]12.O=C(O)/C=C/C(=O)O. The number of ketones is 1. The third-order valence-electron chi connectivity index (χ3n) is 9.35. The van der Waals surface area contributed by atoms with Crippen LogP contribution in [0.4, 0.5) is 0 Å². The summed E-state index contributed by atoms with van der Waals surface area (Å²) in [7, 11) is 0. The number of carboxylic acid groups (broad SMARTS) is 2. The van der Waals surface area contributed by atoms with Gasteiger partial charge in [-0.3, -0.25) is 9.59 Å². The van der Waals surface area contributed by atoms with E-state index in [1.807, 2.05) is 0 Å². The molecule has 5 rings (SSSR count). The highest BCUT2D eigenvalue weighted by Crippen LogP contribution is 2.61. The maximum atomic E-state index is 13.2. The number of amides is 1. The lowest BCUT2D eigenvalue weighted by atomic mass is 9.49. The number of Topliss-reactive ketones (excluding diaryl/α,β-unsaturated/α-hetero) is 1. The van der Waals surface area contributed by atoms with Crippen LogP contribution in [0.3, 0.4) is 0 Å². The monoisotopic (exact) mass is 503 g/mol. The van der Waals surface area contributed by atoms with Crippen LogP contribution in [0.25, 0.3) is 0 Å². The molecule has 36 heavy (non-hydrogen) atoms. The van der Waals surface area contributed by atoms with Crippen molar-refractivity contribution in [3.63, 3.8) is 0 Å². The van der Waals surface area contributed by atoms with Crippen LogP contribution in [0.15, 0.2) is 17.3 Å². The van der Waals surface area contributed by atoms with Gasteiger partial charge in [-0.25, -0.2) is 9.59 Å². The second-order valence-electron chi connectivity index (χ2n) is 11.3. The van der Waals surface area contributed by atoms with Gasteiger partial charge in [-0.05, 0) is 55.9 Å². The van der Waals surface area contributed by atoms with Gasteiger partial charge in [0.2, 0.25) is 5.91 Å². The number of aliphatic carboxylic acids is 2. The molecule has 2 saturated heterocycles. The van der Waals surface area contributed by atoms with Gasteiger partial charge in [0.25, 0.3) is 0 Å². The number of oxime groups is 1. The lowest BCUT2D eigenvalue weighted by molar-refractivity contribution is -0.153. The molecule has 10 nitrogen and oxygen atoms in total. The molecule has 198 valence electrons. The number of nitrogens with one attached hydrogen (secondary N) is 2. The van der Waals surface area contributed by atoms with Crippen LogP contribution in [-0.2, 0) is 24.0 Å². The summed E-state index contributed by atoms with van der Waals surface area (Å²) in [5.41, 5.74) is 0.913. The zero-order chi connectivity index (χ0) is 26.1. The molecule has 0 spiro atoms. The van der Waals surface area contributed by atoms with E-state index in [0.29, 0.717) is 30.3 Å². The van der Waals surface area contributed by atoms with Crippen LogP contribution >= 0.6 is 0 Å². The van der Waals surface area contributed by atoms with Crippen molar-refractivity contribution in [2.45, 2.75) is 77.4 Å². The Morgan fingerprint density at radius 3 is 2.39 bits per heavy atom. The van der Waals surface area contributed by atoms with Gasteiger partial charge in [0, 0.05) is 55.3 Å². The van der Waals surface area contributed by atoms with E-state index in [1.54, 1.807) is 0 Å². The van der Waals surface area contributed by atoms with Crippen LogP contribution in [0.5, 0.6) is 0 Å². The molecule has 0 radical (unpaired) electrons. The molecule has 1 amide bonds. The predicted molar refractivity (Wildman–Crippen MR) is 130 cm³/mol. The predicted octanol–water partition coefficient (Wildman–Crippen LogP) is 2.13. The third kappa shape index (κ3) is 5.05. The summed E-state index contributed by atoms with van der Waals surface area (Å²) < 4.78 is 0. The Morgan fingerprint density at radius 2 is 1.75 bits per heavy atom. The van der Waals surface area contributed by atoms with E-state index >= 15 is 0 Å². The molecule has 2 aliphatic heterocycles. The molecule has 2 heterocycles. The number of rotatable bonds is 4. The zero-order valence-electron chi connectivity index (χ0n) is 21.0. The van der Waals surface area contributed by atoms with Gasteiger partial charge in [-0.2, -0.15) is 0 Å². The van der Waals surface area contributed by atoms with Crippen molar-refractivity contribution in [3.8, 4) is 0 Å². The normalized spacial score (nSPS) is 40.5. The maximum Gasteiger partial charge on any atom is 0.328 e. The second kappa shape index (κ2) is 10.3. The number of carbonyl (C=O) groups excluding carboxylic acids is 2. The Labute approximate surface area is 210 Å². The summed E-state index contributed by atoms with van der Waals surface area (Å²) in [5.74, 6) is -1.33. The number of piperidine rings is 1. The number of fused-ring (bicyclic) bond motifs is 5. The standard InChI is InChI=1S/C22H33N3O3.C4H4O4/c1-21-8-5-13(25-28-14-7-10-23-12-14)11-17(21)24-20(27)19-15-3-4-18(26)22(15,2)9-6-16(19)21;5-3(6)1-2-4(7)8/h14-17,19,23H,3-12H2,1-2H3,(H,24,27);1-2H,(H,5,6)(H,7,8)/b25-13+;2-1+/t14-,15+,16+,17?,19+,21-,22+;/m1./s1. The lowest BCUT2D eigenvalue weighted by Crippen LogP contribution is -2.65. The van der Waals surface area contributed by atoms with Crippen molar-refractivity contribution in [2.24, 2.45) is 33.7 Å². The molecule has 0 aromatic rings. The highest BCUT2D eigenvalue weighted by atomic mass is 16.6. The fraction of sp³-hybridized carbons (Fsp3) is 0.731. The first-order valence-corrected chi connectivity index (χ1v) is 12.9. The average molecular weight is 504 g/mol. The van der Waals surface area contributed by atoms with Crippen LogP contribution in [0, 0.1) is 28.6 Å². The Bertz CT molecular complexity index is 957. The molecule has 4 N–H and O–H groups in total. The number of hydrogen-bond acceptors (Lipinski definition) is 7. The van der Waals surface area contributed by atoms with Crippen LogP contribution < -0.4 is 10.6 Å². The van der Waals surface area contributed by atoms with E-state index in [-0.39, 0.29) is 40.7 Å². The van der Waals surface area contributed by atoms with Crippen LogP contribution in [-0.4, -0.2) is 64.8 Å². The van der Waals surface area contributed by atoms with Crippen LogP contribution in [0.2, 0.25) is 0 Å². The summed E-state index contributed by atoms with van der Waals surface area (Å²) >= 11 is 0. The summed E-state index contributed by atoms with van der Waals surface area (Å²) in [5, 5.41) is 26.8. The first-order chi connectivity index (χ1) is 17.0. The maximum absolute atomic E-state index is 13.2. The van der Waals surface area contributed by atoms with Gasteiger partial charge in [0.05, 0.1) is 5.71 Å². The Kier molecular flexibility index (Phi) is 7.54. The van der Waals surface area contributed by atoms with Gasteiger partial charge in [-0.1, -0.05) is 19.0 Å². The lowest BCUT2D eigenvalue weighted by Gasteiger charge is -2.58. The average Bonchev–Trinajstić information content (AvgIpc) is 3.45. The van der Waals surface area contributed by atoms with E-state index in [4.69, 9.17) is 15.1 Å². The number of carbonyl (C=O) groups is 4.